The van der Waals surface area contributed by atoms with E-state index in [1.165, 1.54) is 17.4 Å². The Labute approximate surface area is 101 Å². The lowest BCUT2D eigenvalue weighted by Gasteiger charge is -1.98. The van der Waals surface area contributed by atoms with Crippen molar-refractivity contribution in [3.05, 3.63) is 39.3 Å². The number of hydrogen-bond donors (Lipinski definition) is 1. The van der Waals surface area contributed by atoms with Gasteiger partial charge in [0, 0.05) is 24.5 Å². The monoisotopic (exact) mass is 253 g/mol. The third kappa shape index (κ3) is 3.08. The predicted octanol–water partition coefficient (Wildman–Crippen LogP) is 1.07. The van der Waals surface area contributed by atoms with Gasteiger partial charge in [0.2, 0.25) is 0 Å². The van der Waals surface area contributed by atoms with Gasteiger partial charge in [-0.15, -0.1) is 0 Å². The van der Waals surface area contributed by atoms with Crippen molar-refractivity contribution < 1.29 is 4.92 Å². The van der Waals surface area contributed by atoms with Crippen molar-refractivity contribution in [1.82, 2.24) is 20.1 Å². The van der Waals surface area contributed by atoms with E-state index in [1.807, 2.05) is 0 Å². The molecule has 0 amide bonds. The van der Waals surface area contributed by atoms with Crippen molar-refractivity contribution in [1.29, 1.82) is 0 Å². The minimum Gasteiger partial charge on any atom is -0.305 e. The number of nitro groups is 1. The van der Waals surface area contributed by atoms with E-state index in [-0.39, 0.29) is 9.92 Å². The van der Waals surface area contributed by atoms with Gasteiger partial charge in [0.15, 0.2) is 5.82 Å². The smallest absolute Gasteiger partial charge is 0.305 e. The summed E-state index contributed by atoms with van der Waals surface area (Å²) in [5, 5.41) is 17.9. The molecule has 90 valence electrons. The molecule has 0 saturated heterocycles. The topological polar surface area (TPSA) is 85.9 Å². The molecular weight excluding hydrogens is 242 g/mol. The summed E-state index contributed by atoms with van der Waals surface area (Å²) in [5.74, 6) is 0.707. The minimum absolute atomic E-state index is 0.165. The number of hydrogen-bond acceptors (Lipinski definition) is 6. The Morgan fingerprint density at radius 2 is 2.35 bits per heavy atom. The highest BCUT2D eigenvalue weighted by Crippen LogP contribution is 2.23. The molecule has 0 unspecified atom stereocenters. The Morgan fingerprint density at radius 1 is 1.53 bits per heavy atom. The van der Waals surface area contributed by atoms with E-state index in [9.17, 15) is 10.1 Å². The second-order valence-electron chi connectivity index (χ2n) is 3.44. The molecule has 2 rings (SSSR count). The highest BCUT2D eigenvalue weighted by atomic mass is 32.1. The van der Waals surface area contributed by atoms with Gasteiger partial charge in [0.1, 0.15) is 6.33 Å². The SMILES string of the molecule is Cn1cnc(CNCc2ccc([N+](=O)[O-])s2)n1. The van der Waals surface area contributed by atoms with Crippen molar-refractivity contribution in [2.75, 3.05) is 0 Å². The predicted molar refractivity (Wildman–Crippen MR) is 62.5 cm³/mol. The molecule has 7 nitrogen and oxygen atoms in total. The maximum absolute atomic E-state index is 10.5. The maximum atomic E-state index is 10.5. The van der Waals surface area contributed by atoms with Gasteiger partial charge in [0.25, 0.3) is 0 Å². The first kappa shape index (κ1) is 11.7. The van der Waals surface area contributed by atoms with Crippen LogP contribution in [0.4, 0.5) is 5.00 Å². The zero-order chi connectivity index (χ0) is 12.3. The molecule has 0 bridgehead atoms. The van der Waals surface area contributed by atoms with Gasteiger partial charge >= 0.3 is 5.00 Å². The Morgan fingerprint density at radius 3 is 2.94 bits per heavy atom. The molecule has 0 spiro atoms. The van der Waals surface area contributed by atoms with Crippen LogP contribution in [0, 0.1) is 10.1 Å². The van der Waals surface area contributed by atoms with Gasteiger partial charge in [-0.2, -0.15) is 5.10 Å². The fourth-order valence-corrected chi connectivity index (χ4v) is 2.11. The number of nitrogens with one attached hydrogen (secondary N) is 1. The van der Waals surface area contributed by atoms with Crippen molar-refractivity contribution in [2.45, 2.75) is 13.1 Å². The van der Waals surface area contributed by atoms with Crippen LogP contribution < -0.4 is 5.32 Å². The zero-order valence-corrected chi connectivity index (χ0v) is 9.98. The highest BCUT2D eigenvalue weighted by Gasteiger charge is 2.09. The van der Waals surface area contributed by atoms with Gasteiger partial charge < -0.3 is 5.32 Å². The number of aryl methyl sites for hydroxylation is 1. The largest absolute Gasteiger partial charge is 0.324 e. The summed E-state index contributed by atoms with van der Waals surface area (Å²) < 4.78 is 1.63. The van der Waals surface area contributed by atoms with Crippen molar-refractivity contribution >= 4 is 16.3 Å². The Bertz CT molecular complexity index is 521. The fourth-order valence-electron chi connectivity index (χ4n) is 1.32. The molecule has 0 aliphatic carbocycles. The Hall–Kier alpha value is -1.80. The van der Waals surface area contributed by atoms with Gasteiger partial charge in [-0.1, -0.05) is 11.3 Å². The molecule has 2 aromatic heterocycles. The average molecular weight is 253 g/mol. The average Bonchev–Trinajstić information content (AvgIpc) is 2.88. The van der Waals surface area contributed by atoms with Crippen molar-refractivity contribution in [3.63, 3.8) is 0 Å². The standard InChI is InChI=1S/C9H11N5O2S/c1-13-6-11-8(12-13)5-10-4-7-2-3-9(17-7)14(15)16/h2-3,6,10H,4-5H2,1H3. The second kappa shape index (κ2) is 5.02. The maximum Gasteiger partial charge on any atom is 0.324 e. The first-order valence-corrected chi connectivity index (χ1v) is 5.75. The van der Waals surface area contributed by atoms with Crippen LogP contribution in [-0.4, -0.2) is 19.7 Å². The minimum atomic E-state index is -0.380. The molecule has 17 heavy (non-hydrogen) atoms. The van der Waals surface area contributed by atoms with Crippen molar-refractivity contribution in [2.24, 2.45) is 7.05 Å². The molecule has 0 saturated carbocycles. The molecule has 8 heteroatoms. The lowest BCUT2D eigenvalue weighted by molar-refractivity contribution is -0.380. The summed E-state index contributed by atoms with van der Waals surface area (Å²) >= 11 is 1.17. The van der Waals surface area contributed by atoms with Crippen molar-refractivity contribution in [3.8, 4) is 0 Å². The van der Waals surface area contributed by atoms with Crippen LogP contribution in [-0.2, 0) is 20.1 Å². The van der Waals surface area contributed by atoms with Gasteiger partial charge in [-0.05, 0) is 6.07 Å². The normalized spacial score (nSPS) is 10.6. The number of thiophene rings is 1. The lowest BCUT2D eigenvalue weighted by Crippen LogP contribution is -2.13. The fraction of sp³-hybridized carbons (Fsp3) is 0.333. The summed E-state index contributed by atoms with van der Waals surface area (Å²) in [6.07, 6.45) is 1.63. The molecule has 0 atom stereocenters. The molecular formula is C9H11N5O2S. The molecule has 0 fully saturated rings. The number of rotatable bonds is 5. The molecule has 1 N–H and O–H groups in total. The van der Waals surface area contributed by atoms with Crippen LogP contribution in [0.1, 0.15) is 10.7 Å². The zero-order valence-electron chi connectivity index (χ0n) is 9.16. The first-order chi connectivity index (χ1) is 8.15. The molecule has 2 aromatic rings. The van der Waals surface area contributed by atoms with Gasteiger partial charge in [0.05, 0.1) is 11.5 Å². The Balaban J connectivity index is 1.83. The summed E-state index contributed by atoms with van der Waals surface area (Å²) in [7, 11) is 1.80. The van der Waals surface area contributed by atoms with E-state index in [2.05, 4.69) is 15.4 Å². The summed E-state index contributed by atoms with van der Waals surface area (Å²) in [6, 6.07) is 3.27. The van der Waals surface area contributed by atoms with Crippen LogP contribution in [0.15, 0.2) is 18.5 Å². The lowest BCUT2D eigenvalue weighted by atomic mass is 10.4. The second-order valence-corrected chi connectivity index (χ2v) is 4.58. The number of nitrogens with zero attached hydrogens (tertiary/aromatic N) is 4. The van der Waals surface area contributed by atoms with Crippen LogP contribution in [0.2, 0.25) is 0 Å². The molecule has 0 radical (unpaired) electrons. The molecule has 2 heterocycles. The van der Waals surface area contributed by atoms with E-state index < -0.39 is 0 Å². The van der Waals surface area contributed by atoms with Crippen LogP contribution in [0.25, 0.3) is 0 Å². The van der Waals surface area contributed by atoms with E-state index >= 15 is 0 Å². The van der Waals surface area contributed by atoms with E-state index in [0.29, 0.717) is 18.9 Å². The third-order valence-corrected chi connectivity index (χ3v) is 3.09. The van der Waals surface area contributed by atoms with E-state index in [4.69, 9.17) is 0 Å². The first-order valence-electron chi connectivity index (χ1n) is 4.93. The highest BCUT2D eigenvalue weighted by molar-refractivity contribution is 7.15. The Kier molecular flexibility index (Phi) is 3.45. The summed E-state index contributed by atoms with van der Waals surface area (Å²) in [6.45, 7) is 1.13. The van der Waals surface area contributed by atoms with Gasteiger partial charge in [-0.3, -0.25) is 14.8 Å². The summed E-state index contributed by atoms with van der Waals surface area (Å²) in [5.41, 5.74) is 0. The van der Waals surface area contributed by atoms with Crippen LogP contribution in [0.3, 0.4) is 0 Å². The molecule has 0 aliphatic heterocycles. The van der Waals surface area contributed by atoms with Crippen LogP contribution >= 0.6 is 11.3 Å². The van der Waals surface area contributed by atoms with Gasteiger partial charge in [-0.25, -0.2) is 4.98 Å². The van der Waals surface area contributed by atoms with E-state index in [1.54, 1.807) is 24.1 Å². The molecule has 0 aromatic carbocycles. The van der Waals surface area contributed by atoms with E-state index in [0.717, 1.165) is 4.88 Å². The summed E-state index contributed by atoms with van der Waals surface area (Å²) in [4.78, 5) is 15.1. The number of aromatic nitrogens is 3. The quantitative estimate of drug-likeness (QED) is 0.636. The molecule has 0 aliphatic rings. The van der Waals surface area contributed by atoms with Crippen LogP contribution in [0.5, 0.6) is 0 Å². The third-order valence-electron chi connectivity index (χ3n) is 2.06.